The number of aryl methyl sites for hydroxylation is 1. The molecule has 2 aromatic heterocycles. The van der Waals surface area contributed by atoms with Crippen molar-refractivity contribution in [2.75, 3.05) is 24.2 Å². The number of nitrogens with zero attached hydrogens (tertiary/aromatic N) is 4. The number of halogens is 1. The number of anilines is 1. The summed E-state index contributed by atoms with van der Waals surface area (Å²) >= 11 is -1.06. The number of aromatic nitrogens is 3. The molecule has 2 bridgehead atoms. The predicted octanol–water partition coefficient (Wildman–Crippen LogP) is 5.40. The van der Waals surface area contributed by atoms with Crippen molar-refractivity contribution in [1.82, 2.24) is 24.3 Å². The fourth-order valence-corrected chi connectivity index (χ4v) is 8.85. The van der Waals surface area contributed by atoms with Crippen molar-refractivity contribution < 1.29 is 23.3 Å². The number of rotatable bonds is 5. The molecule has 46 heavy (non-hydrogen) atoms. The lowest BCUT2D eigenvalue weighted by Gasteiger charge is -2.28. The molecular weight excluding hydrogens is 607 g/mol. The van der Waals surface area contributed by atoms with E-state index in [4.69, 9.17) is 9.72 Å². The Labute approximate surface area is 269 Å². The van der Waals surface area contributed by atoms with Gasteiger partial charge in [0.2, 0.25) is 0 Å². The normalized spacial score (nSPS) is 24.0. The van der Waals surface area contributed by atoms with E-state index in [0.29, 0.717) is 41.6 Å². The van der Waals surface area contributed by atoms with Gasteiger partial charge in [-0.3, -0.25) is 4.79 Å². The van der Waals surface area contributed by atoms with Crippen LogP contribution in [0, 0.1) is 17.7 Å². The average molecular weight is 647 g/mol. The van der Waals surface area contributed by atoms with E-state index in [-0.39, 0.29) is 29.5 Å². The van der Waals surface area contributed by atoms with E-state index in [1.54, 1.807) is 15.5 Å². The van der Waals surface area contributed by atoms with Gasteiger partial charge in [-0.15, -0.1) is 0 Å². The first-order chi connectivity index (χ1) is 22.0. The molecule has 10 nitrogen and oxygen atoms in total. The average Bonchev–Trinajstić information content (AvgIpc) is 3.32. The van der Waals surface area contributed by atoms with Gasteiger partial charge in [-0.05, 0) is 99.8 Å². The highest BCUT2D eigenvalue weighted by atomic mass is 32.2. The topological polar surface area (TPSA) is 116 Å². The van der Waals surface area contributed by atoms with Gasteiger partial charge in [0.25, 0.3) is 5.91 Å². The number of carbonyl (C=O) groups is 2. The number of amides is 2. The second-order valence-corrected chi connectivity index (χ2v) is 15.8. The van der Waals surface area contributed by atoms with E-state index in [1.165, 1.54) is 6.07 Å². The standard InChI is InChI=1S/C34H39FN6O4S/c1-34(2,3)45-33(43)38-27-20-7-9-24(27)41(17-20)32(42)21-13-22(35)30-23(14-21)37-31(39(30)4)25-15-19-8-10-26-28(36-11-12-46(26)44)29(19)40(25)16-18-5-6-18/h8,10,13-15,18,20,24,27,36H,5-7,9,11-12,16-17H2,1-4H3,(H,38,43)/t20-,24-,27-,46?/m1/s1. The largest absolute Gasteiger partial charge is 0.611 e. The highest BCUT2D eigenvalue weighted by Crippen LogP contribution is 2.42. The number of imidazole rings is 1. The number of alkyl carbamates (subject to hydrolysis) is 1. The molecular formula is C34H39FN6O4S. The summed E-state index contributed by atoms with van der Waals surface area (Å²) < 4.78 is 38.3. The Kier molecular flexibility index (Phi) is 6.84. The molecule has 0 spiro atoms. The Bertz CT molecular complexity index is 1910. The number of piperidine rings is 1. The Morgan fingerprint density at radius 2 is 1.96 bits per heavy atom. The van der Waals surface area contributed by atoms with Gasteiger partial charge >= 0.3 is 6.09 Å². The molecule has 3 fully saturated rings. The van der Waals surface area contributed by atoms with Gasteiger partial charge < -0.3 is 34.0 Å². The van der Waals surface area contributed by atoms with E-state index in [0.717, 1.165) is 59.4 Å². The molecule has 4 aliphatic rings. The van der Waals surface area contributed by atoms with Crippen molar-refractivity contribution in [2.24, 2.45) is 18.9 Å². The molecule has 2 saturated carbocycles. The molecule has 4 heterocycles. The molecule has 2 amide bonds. The minimum Gasteiger partial charge on any atom is -0.611 e. The van der Waals surface area contributed by atoms with Crippen LogP contribution < -0.4 is 10.6 Å². The van der Waals surface area contributed by atoms with Crippen molar-refractivity contribution in [3.63, 3.8) is 0 Å². The van der Waals surface area contributed by atoms with Gasteiger partial charge in [-0.2, -0.15) is 0 Å². The Hall–Kier alpha value is -3.77. The summed E-state index contributed by atoms with van der Waals surface area (Å²) in [6.45, 7) is 7.41. The van der Waals surface area contributed by atoms with Crippen LogP contribution >= 0.6 is 0 Å². The van der Waals surface area contributed by atoms with E-state index in [9.17, 15) is 14.1 Å². The van der Waals surface area contributed by atoms with Crippen LogP contribution in [0.2, 0.25) is 0 Å². The predicted molar refractivity (Wildman–Crippen MR) is 175 cm³/mol. The summed E-state index contributed by atoms with van der Waals surface area (Å²) in [6, 6.07) is 8.67. The zero-order valence-corrected chi connectivity index (χ0v) is 27.4. The van der Waals surface area contributed by atoms with Gasteiger partial charge in [-0.1, -0.05) is 0 Å². The molecule has 4 aromatic rings. The number of fused-ring (bicyclic) bond motifs is 6. The van der Waals surface area contributed by atoms with Crippen LogP contribution in [0.1, 0.15) is 56.8 Å². The molecule has 2 aliphatic heterocycles. The van der Waals surface area contributed by atoms with E-state index in [1.807, 2.05) is 40.0 Å². The van der Waals surface area contributed by atoms with Gasteiger partial charge in [0.15, 0.2) is 10.7 Å². The zero-order valence-electron chi connectivity index (χ0n) is 26.6. The number of hydrogen-bond acceptors (Lipinski definition) is 6. The Morgan fingerprint density at radius 3 is 2.72 bits per heavy atom. The monoisotopic (exact) mass is 646 g/mol. The molecule has 2 N–H and O–H groups in total. The van der Waals surface area contributed by atoms with Crippen molar-refractivity contribution in [3.05, 3.63) is 41.7 Å². The van der Waals surface area contributed by atoms with E-state index in [2.05, 4.69) is 21.3 Å². The van der Waals surface area contributed by atoms with Crippen LogP contribution in [0.4, 0.5) is 14.9 Å². The summed E-state index contributed by atoms with van der Waals surface area (Å²) in [7, 11) is 1.81. The first-order valence-electron chi connectivity index (χ1n) is 16.2. The van der Waals surface area contributed by atoms with E-state index < -0.39 is 28.7 Å². The highest BCUT2D eigenvalue weighted by molar-refractivity contribution is 7.91. The zero-order chi connectivity index (χ0) is 32.1. The summed E-state index contributed by atoms with van der Waals surface area (Å²) in [5, 5.41) is 7.50. The van der Waals surface area contributed by atoms with E-state index >= 15 is 4.39 Å². The van der Waals surface area contributed by atoms with Crippen molar-refractivity contribution >= 4 is 50.8 Å². The molecule has 2 aromatic carbocycles. The molecule has 2 aliphatic carbocycles. The molecule has 1 unspecified atom stereocenters. The number of carbonyl (C=O) groups excluding carboxylic acids is 2. The minimum atomic E-state index is -1.06. The lowest BCUT2D eigenvalue weighted by Crippen LogP contribution is -2.46. The molecule has 8 rings (SSSR count). The number of hydrogen-bond donors (Lipinski definition) is 2. The number of benzene rings is 2. The SMILES string of the molecule is Cn1c(-c2cc3ccc4c(c3n2CC2CC2)NCC[S+]4[O-])nc2cc(C(=O)N3C[C@H]4CC[C@@H]3[C@@H]4NC(=O)OC(C)(C)C)cc(F)c21. The van der Waals surface area contributed by atoms with Crippen LogP contribution in [-0.4, -0.2) is 72.1 Å². The number of ether oxygens (including phenoxy) is 1. The van der Waals surface area contributed by atoms with Gasteiger partial charge in [0.05, 0.1) is 35.4 Å². The van der Waals surface area contributed by atoms with Gasteiger partial charge in [-0.25, -0.2) is 14.2 Å². The first kappa shape index (κ1) is 29.6. The summed E-state index contributed by atoms with van der Waals surface area (Å²) in [5.74, 6) is 1.11. The molecule has 242 valence electrons. The first-order valence-corrected chi connectivity index (χ1v) is 17.5. The van der Waals surface area contributed by atoms with Crippen molar-refractivity contribution in [3.8, 4) is 11.5 Å². The third kappa shape index (κ3) is 4.92. The fourth-order valence-electron chi connectivity index (χ4n) is 7.72. The summed E-state index contributed by atoms with van der Waals surface area (Å²) in [5.41, 5.74) is 3.17. The fraction of sp³-hybridized carbons (Fsp3) is 0.500. The highest BCUT2D eigenvalue weighted by Gasteiger charge is 2.50. The molecule has 12 heteroatoms. The molecule has 4 atom stereocenters. The smallest absolute Gasteiger partial charge is 0.407 e. The van der Waals surface area contributed by atoms with Crippen LogP contribution in [0.25, 0.3) is 33.5 Å². The molecule has 0 radical (unpaired) electrons. The van der Waals surface area contributed by atoms with Gasteiger partial charge in [0.1, 0.15) is 28.4 Å². The van der Waals surface area contributed by atoms with Crippen LogP contribution in [0.15, 0.2) is 35.2 Å². The summed E-state index contributed by atoms with van der Waals surface area (Å²) in [4.78, 5) is 33.9. The third-order valence-electron chi connectivity index (χ3n) is 9.93. The third-order valence-corrected chi connectivity index (χ3v) is 11.3. The van der Waals surface area contributed by atoms with Crippen LogP contribution in [-0.2, 0) is 29.5 Å². The number of likely N-dealkylation sites (tertiary alicyclic amines) is 1. The maximum atomic E-state index is 15.9. The minimum absolute atomic E-state index is 0.127. The van der Waals surface area contributed by atoms with Crippen molar-refractivity contribution in [1.29, 1.82) is 0 Å². The Morgan fingerprint density at radius 1 is 1.15 bits per heavy atom. The maximum absolute atomic E-state index is 15.9. The number of nitrogens with one attached hydrogen (secondary N) is 2. The van der Waals surface area contributed by atoms with Crippen molar-refractivity contribution in [2.45, 2.75) is 75.6 Å². The van der Waals surface area contributed by atoms with Crippen LogP contribution in [0.3, 0.4) is 0 Å². The maximum Gasteiger partial charge on any atom is 0.407 e. The lowest BCUT2D eigenvalue weighted by atomic mass is 10.1. The second kappa shape index (κ2) is 10.6. The molecule has 1 saturated heterocycles. The van der Waals surface area contributed by atoms with Crippen LogP contribution in [0.5, 0.6) is 0 Å². The quantitative estimate of drug-likeness (QED) is 0.281. The lowest BCUT2D eigenvalue weighted by molar-refractivity contribution is 0.0485. The Balaban J connectivity index is 1.14. The van der Waals surface area contributed by atoms with Gasteiger partial charge in [0, 0.05) is 31.1 Å². The second-order valence-electron chi connectivity index (χ2n) is 14.3. The summed E-state index contributed by atoms with van der Waals surface area (Å²) in [6.07, 6.45) is 3.51.